The molecule has 0 radical (unpaired) electrons. The quantitative estimate of drug-likeness (QED) is 0.616. The maximum absolute atomic E-state index is 12.4. The summed E-state index contributed by atoms with van der Waals surface area (Å²) >= 11 is 0. The standard InChI is InChI=1S/C16H18O3/c1-3-10-16(15(18)19-4-2)11-9-14(17)12-7-5-6-8-13(12)16/h3,5-8H,1,4,9-11H2,2H3. The fourth-order valence-corrected chi connectivity index (χ4v) is 2.76. The molecule has 0 spiro atoms. The molecule has 3 nitrogen and oxygen atoms in total. The smallest absolute Gasteiger partial charge is 0.316 e. The number of Topliss-reactive ketones (excluding diaryl/α,β-unsaturated/α-hetero) is 1. The summed E-state index contributed by atoms with van der Waals surface area (Å²) in [6, 6.07) is 7.32. The molecule has 0 saturated heterocycles. The average molecular weight is 258 g/mol. The van der Waals surface area contributed by atoms with E-state index < -0.39 is 5.41 Å². The molecule has 0 fully saturated rings. The molecule has 0 aliphatic heterocycles. The Hall–Kier alpha value is -1.90. The van der Waals surface area contributed by atoms with Crippen LogP contribution >= 0.6 is 0 Å². The number of hydrogen-bond acceptors (Lipinski definition) is 3. The Morgan fingerprint density at radius 3 is 2.89 bits per heavy atom. The SMILES string of the molecule is C=CCC1(C(=O)OCC)CCC(=O)c2ccccc21. The Kier molecular flexibility index (Phi) is 3.84. The van der Waals surface area contributed by atoms with E-state index in [0.717, 1.165) is 5.56 Å². The van der Waals surface area contributed by atoms with Gasteiger partial charge in [0.1, 0.15) is 0 Å². The van der Waals surface area contributed by atoms with Crippen molar-refractivity contribution in [3.63, 3.8) is 0 Å². The molecular formula is C16H18O3. The Labute approximate surface area is 113 Å². The summed E-state index contributed by atoms with van der Waals surface area (Å²) in [6.45, 7) is 5.87. The summed E-state index contributed by atoms with van der Waals surface area (Å²) in [5.74, 6) is -0.158. The summed E-state index contributed by atoms with van der Waals surface area (Å²) in [6.07, 6.45) is 3.09. The number of benzene rings is 1. The zero-order valence-electron chi connectivity index (χ0n) is 11.1. The van der Waals surface area contributed by atoms with Crippen molar-refractivity contribution in [3.05, 3.63) is 48.0 Å². The second kappa shape index (κ2) is 5.39. The molecule has 0 bridgehead atoms. The summed E-state index contributed by atoms with van der Waals surface area (Å²) < 4.78 is 5.23. The number of carbonyl (C=O) groups is 2. The Morgan fingerprint density at radius 2 is 2.21 bits per heavy atom. The predicted octanol–water partition coefficient (Wildman–Crippen LogP) is 3.04. The average Bonchev–Trinajstić information content (AvgIpc) is 2.43. The van der Waals surface area contributed by atoms with Crippen LogP contribution in [0.2, 0.25) is 0 Å². The van der Waals surface area contributed by atoms with Crippen molar-refractivity contribution >= 4 is 11.8 Å². The first-order chi connectivity index (χ1) is 9.15. The van der Waals surface area contributed by atoms with Crippen molar-refractivity contribution in [2.75, 3.05) is 6.61 Å². The number of rotatable bonds is 4. The molecule has 0 saturated carbocycles. The normalized spacial score (nSPS) is 21.6. The highest BCUT2D eigenvalue weighted by atomic mass is 16.5. The first-order valence-corrected chi connectivity index (χ1v) is 6.56. The molecule has 0 heterocycles. The number of esters is 1. The van der Waals surface area contributed by atoms with Crippen molar-refractivity contribution in [2.24, 2.45) is 0 Å². The number of ether oxygens (including phenoxy) is 1. The zero-order chi connectivity index (χ0) is 13.9. The van der Waals surface area contributed by atoms with E-state index >= 15 is 0 Å². The monoisotopic (exact) mass is 258 g/mol. The molecule has 1 unspecified atom stereocenters. The minimum absolute atomic E-state index is 0.0968. The third kappa shape index (κ3) is 2.21. The van der Waals surface area contributed by atoms with Crippen LogP contribution in [0, 0.1) is 0 Å². The van der Waals surface area contributed by atoms with Crippen molar-refractivity contribution in [1.82, 2.24) is 0 Å². The zero-order valence-corrected chi connectivity index (χ0v) is 11.1. The van der Waals surface area contributed by atoms with Gasteiger partial charge in [-0.1, -0.05) is 30.3 Å². The minimum Gasteiger partial charge on any atom is -0.465 e. The second-order valence-corrected chi connectivity index (χ2v) is 4.76. The molecule has 1 atom stereocenters. The minimum atomic E-state index is -0.748. The number of hydrogen-bond donors (Lipinski definition) is 0. The molecule has 0 N–H and O–H groups in total. The predicted molar refractivity (Wildman–Crippen MR) is 73.1 cm³/mol. The molecule has 0 aromatic heterocycles. The molecule has 19 heavy (non-hydrogen) atoms. The molecule has 1 aliphatic rings. The number of carbonyl (C=O) groups excluding carboxylic acids is 2. The Morgan fingerprint density at radius 1 is 1.47 bits per heavy atom. The third-order valence-electron chi connectivity index (χ3n) is 3.68. The number of allylic oxidation sites excluding steroid dienone is 1. The highest BCUT2D eigenvalue weighted by Crippen LogP contribution is 2.41. The highest BCUT2D eigenvalue weighted by Gasteiger charge is 2.45. The van der Waals surface area contributed by atoms with Gasteiger partial charge in [0.25, 0.3) is 0 Å². The fraction of sp³-hybridized carbons (Fsp3) is 0.375. The molecule has 1 aliphatic carbocycles. The van der Waals surface area contributed by atoms with E-state index in [-0.39, 0.29) is 11.8 Å². The van der Waals surface area contributed by atoms with Gasteiger partial charge < -0.3 is 4.74 Å². The fourth-order valence-electron chi connectivity index (χ4n) is 2.76. The molecule has 1 aromatic rings. The number of fused-ring (bicyclic) bond motifs is 1. The summed E-state index contributed by atoms with van der Waals surface area (Å²) in [5.41, 5.74) is 0.677. The van der Waals surface area contributed by atoms with Gasteiger partial charge in [-0.3, -0.25) is 9.59 Å². The number of ketones is 1. The van der Waals surface area contributed by atoms with Crippen LogP contribution in [0.15, 0.2) is 36.9 Å². The van der Waals surface area contributed by atoms with Crippen LogP contribution in [0.25, 0.3) is 0 Å². The van der Waals surface area contributed by atoms with Gasteiger partial charge >= 0.3 is 5.97 Å². The van der Waals surface area contributed by atoms with Crippen LogP contribution in [0.3, 0.4) is 0 Å². The van der Waals surface area contributed by atoms with E-state index in [9.17, 15) is 9.59 Å². The summed E-state index contributed by atoms with van der Waals surface area (Å²) in [7, 11) is 0. The Bertz CT molecular complexity index is 518. The van der Waals surface area contributed by atoms with E-state index in [0.29, 0.717) is 31.4 Å². The molecule has 100 valence electrons. The van der Waals surface area contributed by atoms with E-state index in [1.54, 1.807) is 19.1 Å². The van der Waals surface area contributed by atoms with Crippen molar-refractivity contribution < 1.29 is 14.3 Å². The summed E-state index contributed by atoms with van der Waals surface area (Å²) in [4.78, 5) is 24.4. The van der Waals surface area contributed by atoms with Crippen molar-refractivity contribution in [2.45, 2.75) is 31.6 Å². The lowest BCUT2D eigenvalue weighted by molar-refractivity contribution is -0.150. The van der Waals surface area contributed by atoms with Crippen molar-refractivity contribution in [3.8, 4) is 0 Å². The lowest BCUT2D eigenvalue weighted by Gasteiger charge is -2.35. The van der Waals surface area contributed by atoms with Crippen LogP contribution in [0.4, 0.5) is 0 Å². The maximum Gasteiger partial charge on any atom is 0.316 e. The second-order valence-electron chi connectivity index (χ2n) is 4.76. The molecule has 1 aromatic carbocycles. The van der Waals surface area contributed by atoms with Crippen LogP contribution in [0.5, 0.6) is 0 Å². The lowest BCUT2D eigenvalue weighted by Crippen LogP contribution is -2.41. The van der Waals surface area contributed by atoms with Crippen LogP contribution in [-0.4, -0.2) is 18.4 Å². The highest BCUT2D eigenvalue weighted by molar-refractivity contribution is 6.02. The van der Waals surface area contributed by atoms with E-state index in [1.165, 1.54) is 0 Å². The van der Waals surface area contributed by atoms with Gasteiger partial charge in [0.15, 0.2) is 5.78 Å². The van der Waals surface area contributed by atoms with Crippen LogP contribution in [0.1, 0.15) is 42.1 Å². The lowest BCUT2D eigenvalue weighted by atomic mass is 9.67. The van der Waals surface area contributed by atoms with E-state index in [2.05, 4.69) is 6.58 Å². The van der Waals surface area contributed by atoms with Crippen LogP contribution in [-0.2, 0) is 14.9 Å². The van der Waals surface area contributed by atoms with Gasteiger partial charge in [-0.2, -0.15) is 0 Å². The van der Waals surface area contributed by atoms with Crippen LogP contribution < -0.4 is 0 Å². The van der Waals surface area contributed by atoms with Gasteiger partial charge in [0.2, 0.25) is 0 Å². The third-order valence-corrected chi connectivity index (χ3v) is 3.68. The first-order valence-electron chi connectivity index (χ1n) is 6.56. The molecular weight excluding hydrogens is 240 g/mol. The van der Waals surface area contributed by atoms with Crippen molar-refractivity contribution in [1.29, 1.82) is 0 Å². The largest absolute Gasteiger partial charge is 0.465 e. The van der Waals surface area contributed by atoms with Gasteiger partial charge in [-0.15, -0.1) is 6.58 Å². The first kappa shape index (κ1) is 13.5. The Balaban J connectivity index is 2.56. The topological polar surface area (TPSA) is 43.4 Å². The molecule has 0 amide bonds. The van der Waals surface area contributed by atoms with Gasteiger partial charge in [-0.05, 0) is 25.3 Å². The van der Waals surface area contributed by atoms with Gasteiger partial charge in [-0.25, -0.2) is 0 Å². The van der Waals surface area contributed by atoms with E-state index in [4.69, 9.17) is 4.74 Å². The van der Waals surface area contributed by atoms with Gasteiger partial charge in [0, 0.05) is 12.0 Å². The summed E-state index contributed by atoms with van der Waals surface area (Å²) in [5, 5.41) is 0. The molecule has 2 rings (SSSR count). The van der Waals surface area contributed by atoms with E-state index in [1.807, 2.05) is 18.2 Å². The van der Waals surface area contributed by atoms with Gasteiger partial charge in [0.05, 0.1) is 12.0 Å². The maximum atomic E-state index is 12.4. The molecule has 3 heteroatoms.